The maximum absolute atomic E-state index is 12.2. The van der Waals surface area contributed by atoms with E-state index in [9.17, 15) is 4.79 Å². The Hall–Kier alpha value is -1.59. The highest BCUT2D eigenvalue weighted by Gasteiger charge is 2.30. The predicted octanol–water partition coefficient (Wildman–Crippen LogP) is 6.45. The highest BCUT2D eigenvalue weighted by molar-refractivity contribution is 5.68. The molecule has 0 spiro atoms. The smallest absolute Gasteiger partial charge is 0.410 e. The molecule has 1 aromatic carbocycles. The number of hydrogen-bond acceptors (Lipinski definition) is 4. The molecular formula is C27H45NO4. The van der Waals surface area contributed by atoms with Gasteiger partial charge in [0.2, 0.25) is 0 Å². The second-order valence-corrected chi connectivity index (χ2v) is 11.8. The van der Waals surface area contributed by atoms with E-state index in [-0.39, 0.29) is 23.0 Å². The maximum Gasteiger partial charge on any atom is 0.410 e. The lowest BCUT2D eigenvalue weighted by molar-refractivity contribution is -0.0230. The molecule has 1 aliphatic heterocycles. The molecule has 1 amide bonds. The lowest BCUT2D eigenvalue weighted by atomic mass is 9.74. The van der Waals surface area contributed by atoms with Crippen LogP contribution >= 0.6 is 0 Å². The molecule has 0 saturated carbocycles. The van der Waals surface area contributed by atoms with Crippen LogP contribution < -0.4 is 0 Å². The SMILES string of the molecule is CC(C)(CCOC1CCN(C(=O)OC(C)(C)C)CC1)CC(C)(C)COCc1ccccc1. The first-order valence-corrected chi connectivity index (χ1v) is 12.1. The largest absolute Gasteiger partial charge is 0.444 e. The van der Waals surface area contributed by atoms with Gasteiger partial charge in [-0.25, -0.2) is 4.79 Å². The average Bonchev–Trinajstić information content (AvgIpc) is 2.67. The number of carbonyl (C=O) groups is 1. The van der Waals surface area contributed by atoms with Crippen LogP contribution in [0, 0.1) is 10.8 Å². The van der Waals surface area contributed by atoms with Gasteiger partial charge >= 0.3 is 6.09 Å². The quantitative estimate of drug-likeness (QED) is 0.413. The summed E-state index contributed by atoms with van der Waals surface area (Å²) < 4.78 is 17.7. The van der Waals surface area contributed by atoms with Crippen molar-refractivity contribution in [1.82, 2.24) is 4.90 Å². The van der Waals surface area contributed by atoms with E-state index in [4.69, 9.17) is 14.2 Å². The monoisotopic (exact) mass is 447 g/mol. The number of carbonyl (C=O) groups excluding carboxylic acids is 1. The Bertz CT molecular complexity index is 685. The minimum absolute atomic E-state index is 0.108. The highest BCUT2D eigenvalue weighted by atomic mass is 16.6. The van der Waals surface area contributed by atoms with E-state index in [0.29, 0.717) is 19.7 Å². The Morgan fingerprint density at radius 1 is 0.969 bits per heavy atom. The van der Waals surface area contributed by atoms with Gasteiger partial charge in [-0.05, 0) is 62.8 Å². The summed E-state index contributed by atoms with van der Waals surface area (Å²) in [6, 6.07) is 10.3. The Balaban J connectivity index is 1.65. The molecule has 5 nitrogen and oxygen atoms in total. The molecule has 2 rings (SSSR count). The van der Waals surface area contributed by atoms with E-state index in [1.807, 2.05) is 39.0 Å². The normalized spacial score (nSPS) is 16.3. The molecule has 0 radical (unpaired) electrons. The van der Waals surface area contributed by atoms with Crippen LogP contribution in [-0.4, -0.2) is 49.0 Å². The number of rotatable bonds is 10. The third-order valence-electron chi connectivity index (χ3n) is 5.79. The molecule has 0 unspecified atom stereocenters. The van der Waals surface area contributed by atoms with E-state index < -0.39 is 5.60 Å². The number of piperidine rings is 1. The summed E-state index contributed by atoms with van der Waals surface area (Å²) in [4.78, 5) is 14.0. The zero-order valence-electron chi connectivity index (χ0n) is 21.4. The van der Waals surface area contributed by atoms with Crippen LogP contribution in [-0.2, 0) is 20.8 Å². The third kappa shape index (κ3) is 10.4. The number of benzene rings is 1. The molecule has 0 atom stereocenters. The minimum atomic E-state index is -0.448. The van der Waals surface area contributed by atoms with Crippen molar-refractivity contribution >= 4 is 6.09 Å². The van der Waals surface area contributed by atoms with Gasteiger partial charge in [0.15, 0.2) is 0 Å². The molecule has 1 heterocycles. The van der Waals surface area contributed by atoms with Gasteiger partial charge in [-0.1, -0.05) is 58.0 Å². The maximum atomic E-state index is 12.2. The Morgan fingerprint density at radius 3 is 2.19 bits per heavy atom. The Morgan fingerprint density at radius 2 is 1.59 bits per heavy atom. The summed E-state index contributed by atoms with van der Waals surface area (Å²) in [5.74, 6) is 0. The van der Waals surface area contributed by atoms with E-state index in [0.717, 1.165) is 38.9 Å². The lowest BCUT2D eigenvalue weighted by Crippen LogP contribution is -2.43. The van der Waals surface area contributed by atoms with Gasteiger partial charge in [-0.15, -0.1) is 0 Å². The molecule has 0 aromatic heterocycles. The molecule has 1 saturated heterocycles. The summed E-state index contributed by atoms with van der Waals surface area (Å²) in [7, 11) is 0. The summed E-state index contributed by atoms with van der Waals surface area (Å²) >= 11 is 0. The molecule has 182 valence electrons. The van der Waals surface area contributed by atoms with Gasteiger partial charge < -0.3 is 19.1 Å². The van der Waals surface area contributed by atoms with E-state index in [1.54, 1.807) is 4.90 Å². The highest BCUT2D eigenvalue weighted by Crippen LogP contribution is 2.36. The zero-order chi connectivity index (χ0) is 23.8. The van der Waals surface area contributed by atoms with Crippen LogP contribution in [0.5, 0.6) is 0 Å². The second-order valence-electron chi connectivity index (χ2n) is 11.8. The topological polar surface area (TPSA) is 48.0 Å². The Kier molecular flexibility index (Phi) is 9.59. The van der Waals surface area contributed by atoms with Gasteiger partial charge in [-0.3, -0.25) is 0 Å². The van der Waals surface area contributed by atoms with Crippen molar-refractivity contribution in [1.29, 1.82) is 0 Å². The summed E-state index contributed by atoms with van der Waals surface area (Å²) in [5, 5.41) is 0. The van der Waals surface area contributed by atoms with Gasteiger partial charge in [0, 0.05) is 19.7 Å². The molecule has 1 aromatic rings. The standard InChI is InChI=1S/C27H45NO4/c1-25(2,3)32-24(29)28-16-13-23(14-17-28)31-18-15-26(4,5)20-27(6,7)21-30-19-22-11-9-8-10-12-22/h8-12,23H,13-21H2,1-7H3. The number of nitrogens with zero attached hydrogens (tertiary/aromatic N) is 1. The third-order valence-corrected chi connectivity index (χ3v) is 5.79. The molecule has 0 N–H and O–H groups in total. The van der Waals surface area contributed by atoms with E-state index in [1.165, 1.54) is 5.56 Å². The van der Waals surface area contributed by atoms with Crippen molar-refractivity contribution in [3.8, 4) is 0 Å². The first-order chi connectivity index (χ1) is 14.9. The summed E-state index contributed by atoms with van der Waals surface area (Å²) in [5.41, 5.74) is 1.05. The van der Waals surface area contributed by atoms with Crippen molar-refractivity contribution in [3.63, 3.8) is 0 Å². The van der Waals surface area contributed by atoms with Crippen LogP contribution in [0.3, 0.4) is 0 Å². The van der Waals surface area contributed by atoms with Crippen LogP contribution in [0.25, 0.3) is 0 Å². The van der Waals surface area contributed by atoms with Crippen LogP contribution in [0.4, 0.5) is 4.79 Å². The number of hydrogen-bond donors (Lipinski definition) is 0. The average molecular weight is 448 g/mol. The van der Waals surface area contributed by atoms with Crippen molar-refractivity contribution in [2.75, 3.05) is 26.3 Å². The van der Waals surface area contributed by atoms with Crippen molar-refractivity contribution in [2.45, 2.75) is 92.5 Å². The fourth-order valence-electron chi connectivity index (χ4n) is 4.49. The molecule has 1 aliphatic rings. The van der Waals surface area contributed by atoms with Crippen molar-refractivity contribution in [2.24, 2.45) is 10.8 Å². The summed E-state index contributed by atoms with van der Waals surface area (Å²) in [6.07, 6.45) is 3.86. The number of likely N-dealkylation sites (tertiary alicyclic amines) is 1. The molecule has 1 fully saturated rings. The second kappa shape index (κ2) is 11.5. The van der Waals surface area contributed by atoms with Crippen molar-refractivity contribution in [3.05, 3.63) is 35.9 Å². The van der Waals surface area contributed by atoms with E-state index >= 15 is 0 Å². The first-order valence-electron chi connectivity index (χ1n) is 12.1. The van der Waals surface area contributed by atoms with E-state index in [2.05, 4.69) is 39.8 Å². The molecular weight excluding hydrogens is 402 g/mol. The number of ether oxygens (including phenoxy) is 3. The molecule has 0 aliphatic carbocycles. The number of amides is 1. The van der Waals surface area contributed by atoms with Crippen LogP contribution in [0.2, 0.25) is 0 Å². The molecule has 0 bridgehead atoms. The Labute approximate surface area is 195 Å². The van der Waals surface area contributed by atoms with Gasteiger partial charge in [-0.2, -0.15) is 0 Å². The van der Waals surface area contributed by atoms with Crippen molar-refractivity contribution < 1.29 is 19.0 Å². The molecule has 32 heavy (non-hydrogen) atoms. The van der Waals surface area contributed by atoms with Gasteiger partial charge in [0.25, 0.3) is 0 Å². The van der Waals surface area contributed by atoms with Crippen LogP contribution in [0.15, 0.2) is 30.3 Å². The first kappa shape index (κ1) is 26.7. The minimum Gasteiger partial charge on any atom is -0.444 e. The predicted molar refractivity (Wildman–Crippen MR) is 130 cm³/mol. The fourth-order valence-corrected chi connectivity index (χ4v) is 4.49. The van der Waals surface area contributed by atoms with Gasteiger partial charge in [0.1, 0.15) is 5.60 Å². The lowest BCUT2D eigenvalue weighted by Gasteiger charge is -2.36. The fraction of sp³-hybridized carbons (Fsp3) is 0.741. The zero-order valence-corrected chi connectivity index (χ0v) is 21.4. The van der Waals surface area contributed by atoms with Crippen LogP contribution in [0.1, 0.15) is 79.7 Å². The summed E-state index contributed by atoms with van der Waals surface area (Å²) in [6.45, 7) is 18.5. The molecule has 5 heteroatoms. The van der Waals surface area contributed by atoms with Gasteiger partial charge in [0.05, 0.1) is 19.3 Å².